The highest BCUT2D eigenvalue weighted by Gasteiger charge is 2.24. The first kappa shape index (κ1) is 25.2. The number of anilines is 2. The van der Waals surface area contributed by atoms with Gasteiger partial charge in [-0.05, 0) is 47.2 Å². The second-order valence-corrected chi connectivity index (χ2v) is 10.2. The Bertz CT molecular complexity index is 1590. The van der Waals surface area contributed by atoms with E-state index in [0.717, 1.165) is 0 Å². The van der Waals surface area contributed by atoms with Crippen molar-refractivity contribution in [1.29, 1.82) is 0 Å². The van der Waals surface area contributed by atoms with Gasteiger partial charge in [-0.1, -0.05) is 34.8 Å². The summed E-state index contributed by atoms with van der Waals surface area (Å²) in [5.41, 5.74) is 0.792. The van der Waals surface area contributed by atoms with Crippen LogP contribution in [0.25, 0.3) is 5.82 Å². The van der Waals surface area contributed by atoms with Gasteiger partial charge in [0.2, 0.25) is 5.88 Å². The third kappa shape index (κ3) is 5.63. The van der Waals surface area contributed by atoms with Crippen molar-refractivity contribution < 1.29 is 14.3 Å². The van der Waals surface area contributed by atoms with Gasteiger partial charge in [0.25, 0.3) is 11.8 Å². The number of benzene rings is 1. The first-order valence-electron chi connectivity index (χ1n) is 10.4. The van der Waals surface area contributed by atoms with Crippen LogP contribution in [0.5, 0.6) is 11.6 Å². The molecule has 5 aromatic rings. The molecule has 37 heavy (non-hydrogen) atoms. The average molecular weight is 591 g/mol. The van der Waals surface area contributed by atoms with Gasteiger partial charge in [-0.2, -0.15) is 11.3 Å². The van der Waals surface area contributed by atoms with E-state index < -0.39 is 11.8 Å². The molecule has 1 aromatic carbocycles. The minimum atomic E-state index is -0.636. The maximum atomic E-state index is 13.5. The van der Waals surface area contributed by atoms with Crippen molar-refractivity contribution in [1.82, 2.24) is 14.8 Å². The minimum Gasteiger partial charge on any atom is -0.437 e. The molecule has 2 N–H and O–H groups in total. The van der Waals surface area contributed by atoms with Gasteiger partial charge >= 0.3 is 0 Å². The highest BCUT2D eigenvalue weighted by molar-refractivity contribution is 7.08. The van der Waals surface area contributed by atoms with Crippen molar-refractivity contribution in [2.24, 2.45) is 0 Å². The van der Waals surface area contributed by atoms with E-state index in [-0.39, 0.29) is 43.7 Å². The number of hydrogen-bond acceptors (Lipinski definition) is 7. The normalized spacial score (nSPS) is 10.8. The summed E-state index contributed by atoms with van der Waals surface area (Å²) in [4.78, 5) is 30.8. The quantitative estimate of drug-likeness (QED) is 0.203. The number of pyridine rings is 1. The SMILES string of the molecule is O=C(Nc1ccsc1)c1cc(Cl)cc(Cl)c1NC(=O)c1cc(Oc2ccsc2)nn1-c1ncccc1Cl. The van der Waals surface area contributed by atoms with Gasteiger partial charge in [-0.25, -0.2) is 9.67 Å². The molecule has 8 nitrogen and oxygen atoms in total. The first-order chi connectivity index (χ1) is 17.9. The lowest BCUT2D eigenvalue weighted by atomic mass is 10.1. The Morgan fingerprint density at radius 3 is 2.46 bits per heavy atom. The van der Waals surface area contributed by atoms with E-state index in [1.807, 2.05) is 10.8 Å². The molecule has 4 heterocycles. The van der Waals surface area contributed by atoms with Crippen LogP contribution in [-0.2, 0) is 0 Å². The predicted octanol–water partition coefficient (Wildman–Crippen LogP) is 7.65. The lowest BCUT2D eigenvalue weighted by Crippen LogP contribution is -2.21. The zero-order valence-corrected chi connectivity index (χ0v) is 22.3. The van der Waals surface area contributed by atoms with E-state index in [1.54, 1.807) is 35.0 Å². The number of amides is 2. The summed E-state index contributed by atoms with van der Waals surface area (Å²) < 4.78 is 7.04. The summed E-state index contributed by atoms with van der Waals surface area (Å²) in [5.74, 6) is -0.221. The number of rotatable bonds is 7. The van der Waals surface area contributed by atoms with Crippen LogP contribution in [0.4, 0.5) is 11.4 Å². The second kappa shape index (κ2) is 10.9. The van der Waals surface area contributed by atoms with Crippen molar-refractivity contribution in [3.8, 4) is 17.4 Å². The fourth-order valence-electron chi connectivity index (χ4n) is 3.29. The van der Waals surface area contributed by atoms with Crippen LogP contribution in [0.15, 0.2) is 70.2 Å². The van der Waals surface area contributed by atoms with E-state index in [0.29, 0.717) is 11.4 Å². The second-order valence-electron chi connectivity index (χ2n) is 7.38. The zero-order valence-electron chi connectivity index (χ0n) is 18.4. The number of hydrogen-bond donors (Lipinski definition) is 2. The van der Waals surface area contributed by atoms with Crippen molar-refractivity contribution in [2.75, 3.05) is 10.6 Å². The number of thiophene rings is 2. The monoisotopic (exact) mass is 589 g/mol. The topological polar surface area (TPSA) is 98.1 Å². The molecular weight excluding hydrogens is 577 g/mol. The fourth-order valence-corrected chi connectivity index (χ4v) is 5.17. The van der Waals surface area contributed by atoms with Crippen molar-refractivity contribution in [2.45, 2.75) is 0 Å². The van der Waals surface area contributed by atoms with Crippen molar-refractivity contribution >= 4 is 80.7 Å². The van der Waals surface area contributed by atoms with Crippen LogP contribution in [0.3, 0.4) is 0 Å². The van der Waals surface area contributed by atoms with E-state index in [2.05, 4.69) is 20.7 Å². The Kier molecular flexibility index (Phi) is 7.45. The molecule has 13 heteroatoms. The Labute approximate surface area is 233 Å². The van der Waals surface area contributed by atoms with Gasteiger partial charge in [0.1, 0.15) is 11.4 Å². The van der Waals surface area contributed by atoms with Gasteiger partial charge in [0.05, 0.1) is 27.0 Å². The number of carbonyl (C=O) groups excluding carboxylic acids is 2. The molecule has 0 radical (unpaired) electrons. The van der Waals surface area contributed by atoms with Gasteiger partial charge in [-0.15, -0.1) is 16.4 Å². The first-order valence-corrected chi connectivity index (χ1v) is 13.5. The molecule has 186 valence electrons. The fraction of sp³-hybridized carbons (Fsp3) is 0. The third-order valence-corrected chi connectivity index (χ3v) is 7.05. The molecule has 0 atom stereocenters. The maximum Gasteiger partial charge on any atom is 0.274 e. The maximum absolute atomic E-state index is 13.5. The van der Waals surface area contributed by atoms with Crippen LogP contribution >= 0.6 is 57.5 Å². The summed E-state index contributed by atoms with van der Waals surface area (Å²) in [6.07, 6.45) is 1.52. The number of carbonyl (C=O) groups is 2. The van der Waals surface area contributed by atoms with Crippen LogP contribution < -0.4 is 15.4 Å². The molecule has 0 aliphatic rings. The van der Waals surface area contributed by atoms with Crippen molar-refractivity contribution in [3.05, 3.63) is 96.5 Å². The lowest BCUT2D eigenvalue weighted by Gasteiger charge is -2.14. The summed E-state index contributed by atoms with van der Waals surface area (Å²) in [6.45, 7) is 0. The molecule has 4 aromatic heterocycles. The molecule has 0 bridgehead atoms. The molecule has 2 amide bonds. The van der Waals surface area contributed by atoms with Crippen LogP contribution in [0.1, 0.15) is 20.8 Å². The summed E-state index contributed by atoms with van der Waals surface area (Å²) in [7, 11) is 0. The summed E-state index contributed by atoms with van der Waals surface area (Å²) in [6, 6.07) is 11.1. The average Bonchev–Trinajstić information content (AvgIpc) is 3.64. The summed E-state index contributed by atoms with van der Waals surface area (Å²) >= 11 is 21.8. The standard InChI is InChI=1S/C24H14Cl3N5O3S2/c25-13-8-16(23(33)29-14-3-6-36-11-14)21(18(27)9-13)30-24(34)19-10-20(35-15-4-7-37-12-15)31-32(19)22-17(26)2-1-5-28-22/h1-12H,(H,29,33)(H,30,34). The van der Waals surface area contributed by atoms with Crippen LogP contribution in [0, 0.1) is 0 Å². The predicted molar refractivity (Wildman–Crippen MR) is 147 cm³/mol. The highest BCUT2D eigenvalue weighted by atomic mass is 35.5. The molecule has 0 aliphatic carbocycles. The van der Waals surface area contributed by atoms with Gasteiger partial charge in [0, 0.05) is 28.0 Å². The smallest absolute Gasteiger partial charge is 0.274 e. The largest absolute Gasteiger partial charge is 0.437 e. The molecule has 0 spiro atoms. The zero-order chi connectivity index (χ0) is 25.9. The third-order valence-electron chi connectivity index (χ3n) is 4.89. The van der Waals surface area contributed by atoms with E-state index in [4.69, 9.17) is 39.5 Å². The van der Waals surface area contributed by atoms with Gasteiger partial charge in [-0.3, -0.25) is 9.59 Å². The van der Waals surface area contributed by atoms with Gasteiger partial charge in [0.15, 0.2) is 5.82 Å². The lowest BCUT2D eigenvalue weighted by molar-refractivity contribution is 0.101. The molecule has 5 rings (SSSR count). The Morgan fingerprint density at radius 2 is 1.73 bits per heavy atom. The highest BCUT2D eigenvalue weighted by Crippen LogP contribution is 2.33. The minimum absolute atomic E-state index is 0.0426. The summed E-state index contributed by atoms with van der Waals surface area (Å²) in [5, 5.41) is 17.7. The number of halogens is 3. The van der Waals surface area contributed by atoms with Crippen molar-refractivity contribution in [3.63, 3.8) is 0 Å². The van der Waals surface area contributed by atoms with Crippen LogP contribution in [0.2, 0.25) is 15.1 Å². The Hall–Kier alpha value is -3.41. The number of nitrogens with zero attached hydrogens (tertiary/aromatic N) is 3. The van der Waals surface area contributed by atoms with Crippen LogP contribution in [-0.4, -0.2) is 26.6 Å². The molecule has 0 fully saturated rings. The Morgan fingerprint density at radius 1 is 0.919 bits per heavy atom. The van der Waals surface area contributed by atoms with E-state index in [1.165, 1.54) is 51.8 Å². The molecule has 0 unspecified atom stereocenters. The van der Waals surface area contributed by atoms with Gasteiger partial charge < -0.3 is 15.4 Å². The number of nitrogens with one attached hydrogen (secondary N) is 2. The number of ether oxygens (including phenoxy) is 1. The van der Waals surface area contributed by atoms with E-state index in [9.17, 15) is 9.59 Å². The Balaban J connectivity index is 1.52. The van der Waals surface area contributed by atoms with E-state index >= 15 is 0 Å². The molecular formula is C24H14Cl3N5O3S2. The molecule has 0 saturated heterocycles. The number of aromatic nitrogens is 3. The molecule has 0 saturated carbocycles. The molecule has 0 aliphatic heterocycles.